The molecule has 17 heavy (non-hydrogen) atoms. The molecule has 0 aliphatic carbocycles. The standard InChI is InChI=1S/C12H21N3O2/c1-12(2,3)17-11(16)13-7-6-10-8-14(4)9-15(10)5/h8-9H,6-7H2,1-5H3/p+1. The molecule has 0 atom stereocenters. The maximum absolute atomic E-state index is 11.4. The molecule has 0 aliphatic heterocycles. The van der Waals surface area contributed by atoms with E-state index in [0.29, 0.717) is 6.54 Å². The van der Waals surface area contributed by atoms with E-state index in [1.165, 1.54) is 5.69 Å². The number of aryl methyl sites for hydroxylation is 2. The van der Waals surface area contributed by atoms with Gasteiger partial charge in [-0.05, 0) is 20.8 Å². The summed E-state index contributed by atoms with van der Waals surface area (Å²) < 4.78 is 9.18. The van der Waals surface area contributed by atoms with E-state index < -0.39 is 5.60 Å². The molecule has 0 bridgehead atoms. The van der Waals surface area contributed by atoms with Crippen molar-refractivity contribution in [1.29, 1.82) is 0 Å². The lowest BCUT2D eigenvalue weighted by Crippen LogP contribution is -2.33. The van der Waals surface area contributed by atoms with Crippen molar-refractivity contribution in [3.8, 4) is 0 Å². The van der Waals surface area contributed by atoms with Crippen molar-refractivity contribution in [3.05, 3.63) is 18.2 Å². The highest BCUT2D eigenvalue weighted by atomic mass is 16.6. The lowest BCUT2D eigenvalue weighted by atomic mass is 10.2. The van der Waals surface area contributed by atoms with Crippen LogP contribution in [0.3, 0.4) is 0 Å². The molecule has 0 aromatic carbocycles. The Labute approximate surface area is 102 Å². The van der Waals surface area contributed by atoms with Gasteiger partial charge in [0.25, 0.3) is 0 Å². The van der Waals surface area contributed by atoms with E-state index in [-0.39, 0.29) is 6.09 Å². The molecule has 1 aromatic heterocycles. The Morgan fingerprint density at radius 2 is 2.18 bits per heavy atom. The number of alkyl carbamates (subject to hydrolysis) is 1. The molecule has 5 nitrogen and oxygen atoms in total. The first-order chi connectivity index (χ1) is 7.78. The number of imidazole rings is 1. The molecule has 0 saturated carbocycles. The number of nitrogens with zero attached hydrogens (tertiary/aromatic N) is 2. The normalized spacial score (nSPS) is 11.4. The number of amides is 1. The molecule has 1 heterocycles. The molecule has 0 fully saturated rings. The number of aromatic nitrogens is 2. The van der Waals surface area contributed by atoms with Crippen molar-refractivity contribution in [3.63, 3.8) is 0 Å². The van der Waals surface area contributed by atoms with Crippen LogP contribution in [0.15, 0.2) is 12.5 Å². The van der Waals surface area contributed by atoms with Gasteiger partial charge >= 0.3 is 6.09 Å². The van der Waals surface area contributed by atoms with Crippen LogP contribution >= 0.6 is 0 Å². The van der Waals surface area contributed by atoms with Crippen molar-refractivity contribution in [2.45, 2.75) is 32.8 Å². The Hall–Kier alpha value is -1.52. The third-order valence-electron chi connectivity index (χ3n) is 2.21. The van der Waals surface area contributed by atoms with Crippen molar-refractivity contribution in [2.75, 3.05) is 6.54 Å². The predicted octanol–water partition coefficient (Wildman–Crippen LogP) is 0.917. The van der Waals surface area contributed by atoms with Crippen LogP contribution in [0.5, 0.6) is 0 Å². The summed E-state index contributed by atoms with van der Waals surface area (Å²) >= 11 is 0. The van der Waals surface area contributed by atoms with Gasteiger partial charge in [0.15, 0.2) is 0 Å². The zero-order valence-corrected chi connectivity index (χ0v) is 11.3. The number of carbonyl (C=O) groups excluding carboxylic acids is 1. The molecule has 96 valence electrons. The van der Waals surface area contributed by atoms with Gasteiger partial charge < -0.3 is 10.1 Å². The average Bonchev–Trinajstić information content (AvgIpc) is 2.42. The van der Waals surface area contributed by atoms with Gasteiger partial charge in [0.05, 0.1) is 14.1 Å². The van der Waals surface area contributed by atoms with E-state index in [4.69, 9.17) is 4.74 Å². The highest BCUT2D eigenvalue weighted by Gasteiger charge is 2.16. The Morgan fingerprint density at radius 3 is 2.65 bits per heavy atom. The van der Waals surface area contributed by atoms with Gasteiger partial charge in [0.2, 0.25) is 6.33 Å². The van der Waals surface area contributed by atoms with Gasteiger partial charge in [-0.3, -0.25) is 0 Å². The third kappa shape index (κ3) is 4.89. The number of ether oxygens (including phenoxy) is 1. The van der Waals surface area contributed by atoms with Crippen molar-refractivity contribution < 1.29 is 14.1 Å². The first-order valence-corrected chi connectivity index (χ1v) is 5.75. The van der Waals surface area contributed by atoms with Gasteiger partial charge in [-0.1, -0.05) is 0 Å². The van der Waals surface area contributed by atoms with E-state index in [1.807, 2.05) is 56.5 Å². The molecule has 5 heteroatoms. The molecule has 0 radical (unpaired) electrons. The van der Waals surface area contributed by atoms with Crippen molar-refractivity contribution in [1.82, 2.24) is 9.88 Å². The van der Waals surface area contributed by atoms with Crippen molar-refractivity contribution >= 4 is 6.09 Å². The van der Waals surface area contributed by atoms with Crippen LogP contribution in [0, 0.1) is 0 Å². The molecule has 1 aromatic rings. The van der Waals surface area contributed by atoms with Gasteiger partial charge in [-0.2, -0.15) is 0 Å². The second-order valence-corrected chi connectivity index (χ2v) is 5.19. The van der Waals surface area contributed by atoms with Crippen LogP contribution in [-0.4, -0.2) is 22.8 Å². The summed E-state index contributed by atoms with van der Waals surface area (Å²) in [5.74, 6) is 0. The average molecular weight is 240 g/mol. The summed E-state index contributed by atoms with van der Waals surface area (Å²) in [6, 6.07) is 0. The summed E-state index contributed by atoms with van der Waals surface area (Å²) in [6.07, 6.45) is 4.45. The Balaban J connectivity index is 2.33. The minimum Gasteiger partial charge on any atom is -0.444 e. The lowest BCUT2D eigenvalue weighted by Gasteiger charge is -2.19. The molecule has 0 saturated heterocycles. The molecule has 0 aliphatic rings. The summed E-state index contributed by atoms with van der Waals surface area (Å²) in [5.41, 5.74) is 0.727. The molecule has 1 N–H and O–H groups in total. The van der Waals surface area contributed by atoms with Crippen LogP contribution < -0.4 is 9.88 Å². The minimum atomic E-state index is -0.443. The number of hydrogen-bond acceptors (Lipinski definition) is 2. The van der Waals surface area contributed by atoms with Crippen molar-refractivity contribution in [2.24, 2.45) is 14.1 Å². The highest BCUT2D eigenvalue weighted by molar-refractivity contribution is 5.67. The first kappa shape index (κ1) is 13.5. The lowest BCUT2D eigenvalue weighted by molar-refractivity contribution is -0.671. The molecule has 1 rings (SSSR count). The molecule has 0 spiro atoms. The summed E-state index contributed by atoms with van der Waals surface area (Å²) in [6.45, 7) is 6.13. The fourth-order valence-corrected chi connectivity index (χ4v) is 1.55. The topological polar surface area (TPSA) is 47.1 Å². The second kappa shape index (κ2) is 5.21. The number of nitrogens with one attached hydrogen (secondary N) is 1. The van der Waals surface area contributed by atoms with E-state index in [9.17, 15) is 4.79 Å². The maximum atomic E-state index is 11.4. The predicted molar refractivity (Wildman–Crippen MR) is 64.5 cm³/mol. The maximum Gasteiger partial charge on any atom is 0.407 e. The Morgan fingerprint density at radius 1 is 1.53 bits per heavy atom. The number of carbonyl (C=O) groups is 1. The van der Waals surface area contributed by atoms with E-state index >= 15 is 0 Å². The first-order valence-electron chi connectivity index (χ1n) is 5.75. The van der Waals surface area contributed by atoms with Gasteiger partial charge in [0, 0.05) is 13.0 Å². The molecule has 0 unspecified atom stereocenters. The van der Waals surface area contributed by atoms with E-state index in [0.717, 1.165) is 6.42 Å². The highest BCUT2D eigenvalue weighted by Crippen LogP contribution is 2.06. The van der Waals surface area contributed by atoms with E-state index in [1.54, 1.807) is 0 Å². The van der Waals surface area contributed by atoms with E-state index in [2.05, 4.69) is 5.32 Å². The minimum absolute atomic E-state index is 0.365. The zero-order valence-electron chi connectivity index (χ0n) is 11.3. The molecular formula is C12H22N3O2+. The monoisotopic (exact) mass is 240 g/mol. The van der Waals surface area contributed by atoms with Crippen LogP contribution in [0.1, 0.15) is 26.5 Å². The Kier molecular flexibility index (Phi) is 4.15. The summed E-state index contributed by atoms with van der Waals surface area (Å²) in [5, 5.41) is 2.74. The zero-order chi connectivity index (χ0) is 13.1. The fraction of sp³-hybridized carbons (Fsp3) is 0.667. The van der Waals surface area contributed by atoms with Gasteiger partial charge in [0.1, 0.15) is 17.5 Å². The fourth-order valence-electron chi connectivity index (χ4n) is 1.55. The smallest absolute Gasteiger partial charge is 0.407 e. The summed E-state index contributed by atoms with van der Waals surface area (Å²) in [4.78, 5) is 11.4. The van der Waals surface area contributed by atoms with Crippen LogP contribution in [-0.2, 0) is 25.3 Å². The van der Waals surface area contributed by atoms with Crippen LogP contribution in [0.2, 0.25) is 0 Å². The quantitative estimate of drug-likeness (QED) is 0.799. The molecule has 1 amide bonds. The van der Waals surface area contributed by atoms with Gasteiger partial charge in [-0.15, -0.1) is 0 Å². The molecular weight excluding hydrogens is 218 g/mol. The van der Waals surface area contributed by atoms with Crippen LogP contribution in [0.25, 0.3) is 0 Å². The van der Waals surface area contributed by atoms with Crippen LogP contribution in [0.4, 0.5) is 4.79 Å². The third-order valence-corrected chi connectivity index (χ3v) is 2.21. The largest absolute Gasteiger partial charge is 0.444 e. The SMILES string of the molecule is Cn1c[n+](C)cc1CCNC(=O)OC(C)(C)C. The number of hydrogen-bond donors (Lipinski definition) is 1. The number of rotatable bonds is 3. The van der Waals surface area contributed by atoms with Gasteiger partial charge in [-0.25, -0.2) is 13.9 Å². The second-order valence-electron chi connectivity index (χ2n) is 5.19. The summed E-state index contributed by atoms with van der Waals surface area (Å²) in [7, 11) is 3.97. The Bertz CT molecular complexity index is 391.